The first kappa shape index (κ1) is 13.2. The van der Waals surface area contributed by atoms with Gasteiger partial charge in [-0.05, 0) is 18.2 Å². The third kappa shape index (κ3) is 2.44. The fourth-order valence-electron chi connectivity index (χ4n) is 1.69. The predicted octanol–water partition coefficient (Wildman–Crippen LogP) is 2.69. The number of imidazole rings is 1. The van der Waals surface area contributed by atoms with Gasteiger partial charge in [0.25, 0.3) is 0 Å². The molecule has 1 heterocycles. The van der Waals surface area contributed by atoms with E-state index in [0.717, 1.165) is 0 Å². The molecule has 0 aliphatic heterocycles. The summed E-state index contributed by atoms with van der Waals surface area (Å²) < 4.78 is 38.3. The van der Waals surface area contributed by atoms with Gasteiger partial charge in [-0.3, -0.25) is 0 Å². The smallest absolute Gasteiger partial charge is 0.383 e. The van der Waals surface area contributed by atoms with Crippen molar-refractivity contribution in [2.24, 2.45) is 7.05 Å². The molecule has 0 aliphatic rings. The Bertz CT molecular complexity index is 579. The van der Waals surface area contributed by atoms with Gasteiger partial charge in [-0.2, -0.15) is 13.2 Å². The number of alkyl halides is 3. The molecule has 0 radical (unpaired) electrons. The van der Waals surface area contributed by atoms with Crippen molar-refractivity contribution in [1.82, 2.24) is 9.55 Å². The van der Waals surface area contributed by atoms with E-state index in [-0.39, 0.29) is 5.82 Å². The number of aliphatic hydroxyl groups is 1. The van der Waals surface area contributed by atoms with Crippen LogP contribution in [0.3, 0.4) is 0 Å². The average molecular weight is 279 g/mol. The Labute approximate surface area is 106 Å². The van der Waals surface area contributed by atoms with Gasteiger partial charge >= 0.3 is 6.18 Å². The Kier molecular flexibility index (Phi) is 3.25. The monoisotopic (exact) mass is 278 g/mol. The Hall–Kier alpha value is -1.27. The molecular weight excluding hydrogens is 269 g/mol. The molecule has 98 valence electrons. The Morgan fingerprint density at radius 2 is 2.11 bits per heavy atom. The number of halogens is 4. The summed E-state index contributed by atoms with van der Waals surface area (Å²) in [6.45, 7) is 0. The molecule has 2 aromatic rings. The molecule has 3 nitrogen and oxygen atoms in total. The molecule has 0 fully saturated rings. The molecular formula is C11H10ClF3N2O. The molecule has 0 spiro atoms. The van der Waals surface area contributed by atoms with Crippen molar-refractivity contribution in [2.75, 3.05) is 0 Å². The van der Waals surface area contributed by atoms with E-state index in [1.54, 1.807) is 25.2 Å². The van der Waals surface area contributed by atoms with Gasteiger partial charge in [0, 0.05) is 18.5 Å². The highest BCUT2D eigenvalue weighted by molar-refractivity contribution is 6.31. The summed E-state index contributed by atoms with van der Waals surface area (Å²) in [7, 11) is 1.60. The van der Waals surface area contributed by atoms with E-state index in [0.29, 0.717) is 16.1 Å². The number of nitrogens with zero attached hydrogens (tertiary/aromatic N) is 2. The summed E-state index contributed by atoms with van der Waals surface area (Å²) in [5, 5.41) is 9.50. The number of aromatic nitrogens is 2. The summed E-state index contributed by atoms with van der Waals surface area (Å²) in [4.78, 5) is 4.05. The van der Waals surface area contributed by atoms with Crippen LogP contribution in [0.25, 0.3) is 11.0 Å². The Morgan fingerprint density at radius 1 is 1.44 bits per heavy atom. The van der Waals surface area contributed by atoms with E-state index in [1.165, 1.54) is 4.57 Å². The third-order valence-electron chi connectivity index (χ3n) is 2.69. The first-order chi connectivity index (χ1) is 8.29. The van der Waals surface area contributed by atoms with E-state index in [9.17, 15) is 13.2 Å². The average Bonchev–Trinajstić information content (AvgIpc) is 2.54. The molecule has 1 aromatic heterocycles. The van der Waals surface area contributed by atoms with Gasteiger partial charge in [-0.15, -0.1) is 0 Å². The van der Waals surface area contributed by atoms with Crippen LogP contribution in [0.2, 0.25) is 5.02 Å². The SMILES string of the molecule is Cn1c(CC(O)C(F)(F)F)nc2cc(Cl)ccc21. The van der Waals surface area contributed by atoms with Crippen LogP contribution in [0.15, 0.2) is 18.2 Å². The lowest BCUT2D eigenvalue weighted by atomic mass is 10.2. The van der Waals surface area contributed by atoms with Gasteiger partial charge in [0.15, 0.2) is 6.10 Å². The first-order valence-electron chi connectivity index (χ1n) is 5.14. The maximum Gasteiger partial charge on any atom is 0.414 e. The van der Waals surface area contributed by atoms with Crippen LogP contribution < -0.4 is 0 Å². The largest absolute Gasteiger partial charge is 0.414 e. The number of aryl methyl sites for hydroxylation is 1. The van der Waals surface area contributed by atoms with Gasteiger partial charge in [-0.1, -0.05) is 11.6 Å². The highest BCUT2D eigenvalue weighted by Gasteiger charge is 2.38. The number of rotatable bonds is 2. The Balaban J connectivity index is 2.37. The molecule has 1 atom stereocenters. The molecule has 0 saturated heterocycles. The summed E-state index contributed by atoms with van der Waals surface area (Å²) in [6, 6.07) is 4.88. The zero-order valence-corrected chi connectivity index (χ0v) is 10.1. The van der Waals surface area contributed by atoms with Gasteiger partial charge in [0.1, 0.15) is 5.82 Å². The minimum absolute atomic E-state index is 0.164. The van der Waals surface area contributed by atoms with Gasteiger partial charge < -0.3 is 9.67 Å². The fourth-order valence-corrected chi connectivity index (χ4v) is 1.86. The van der Waals surface area contributed by atoms with Crippen molar-refractivity contribution in [3.05, 3.63) is 29.0 Å². The number of aliphatic hydroxyl groups excluding tert-OH is 1. The molecule has 1 N–H and O–H groups in total. The van der Waals surface area contributed by atoms with Crippen LogP contribution in [-0.2, 0) is 13.5 Å². The van der Waals surface area contributed by atoms with Crippen LogP contribution in [0, 0.1) is 0 Å². The van der Waals surface area contributed by atoms with Crippen molar-refractivity contribution < 1.29 is 18.3 Å². The molecule has 2 rings (SSSR count). The Morgan fingerprint density at radius 3 is 2.72 bits per heavy atom. The minimum Gasteiger partial charge on any atom is -0.383 e. The number of hydrogen-bond acceptors (Lipinski definition) is 2. The van der Waals surface area contributed by atoms with Crippen LogP contribution in [0.5, 0.6) is 0 Å². The molecule has 0 aliphatic carbocycles. The summed E-state index contributed by atoms with van der Waals surface area (Å²) in [5.74, 6) is 0.164. The summed E-state index contributed by atoms with van der Waals surface area (Å²) in [6.07, 6.45) is -7.63. The first-order valence-corrected chi connectivity index (χ1v) is 5.52. The lowest BCUT2D eigenvalue weighted by Crippen LogP contribution is -2.31. The third-order valence-corrected chi connectivity index (χ3v) is 2.92. The van der Waals surface area contributed by atoms with Crippen molar-refractivity contribution in [1.29, 1.82) is 0 Å². The van der Waals surface area contributed by atoms with E-state index >= 15 is 0 Å². The van der Waals surface area contributed by atoms with E-state index < -0.39 is 18.7 Å². The van der Waals surface area contributed by atoms with Crippen molar-refractivity contribution >= 4 is 22.6 Å². The van der Waals surface area contributed by atoms with Crippen LogP contribution in [0.1, 0.15) is 5.82 Å². The zero-order chi connectivity index (χ0) is 13.5. The molecule has 7 heteroatoms. The van der Waals surface area contributed by atoms with E-state index in [2.05, 4.69) is 4.98 Å². The van der Waals surface area contributed by atoms with Crippen LogP contribution >= 0.6 is 11.6 Å². The second-order valence-electron chi connectivity index (χ2n) is 3.98. The predicted molar refractivity (Wildman–Crippen MR) is 61.5 cm³/mol. The maximum absolute atomic E-state index is 12.3. The summed E-state index contributed by atoms with van der Waals surface area (Å²) in [5.41, 5.74) is 1.18. The summed E-state index contributed by atoms with van der Waals surface area (Å²) >= 11 is 5.78. The van der Waals surface area contributed by atoms with Gasteiger partial charge in [0.2, 0.25) is 0 Å². The van der Waals surface area contributed by atoms with Crippen LogP contribution in [-0.4, -0.2) is 26.9 Å². The lowest BCUT2D eigenvalue weighted by Gasteiger charge is -2.13. The number of benzene rings is 1. The van der Waals surface area contributed by atoms with Crippen molar-refractivity contribution in [3.63, 3.8) is 0 Å². The van der Waals surface area contributed by atoms with Crippen molar-refractivity contribution in [2.45, 2.75) is 18.7 Å². The standard InChI is InChI=1S/C11H10ClF3N2O/c1-17-8-3-2-6(12)4-7(8)16-10(17)5-9(18)11(13,14)15/h2-4,9,18H,5H2,1H3. The van der Waals surface area contributed by atoms with Gasteiger partial charge in [-0.25, -0.2) is 4.98 Å². The second-order valence-corrected chi connectivity index (χ2v) is 4.42. The van der Waals surface area contributed by atoms with Gasteiger partial charge in [0.05, 0.1) is 11.0 Å². The maximum atomic E-state index is 12.3. The highest BCUT2D eigenvalue weighted by atomic mass is 35.5. The normalized spacial score (nSPS) is 14.1. The van der Waals surface area contributed by atoms with Crippen molar-refractivity contribution in [3.8, 4) is 0 Å². The number of hydrogen-bond donors (Lipinski definition) is 1. The number of fused-ring (bicyclic) bond motifs is 1. The molecule has 1 aromatic carbocycles. The zero-order valence-electron chi connectivity index (χ0n) is 9.37. The highest BCUT2D eigenvalue weighted by Crippen LogP contribution is 2.25. The molecule has 0 bridgehead atoms. The van der Waals surface area contributed by atoms with E-state index in [1.807, 2.05) is 0 Å². The molecule has 18 heavy (non-hydrogen) atoms. The topological polar surface area (TPSA) is 38.0 Å². The quantitative estimate of drug-likeness (QED) is 0.917. The molecule has 0 amide bonds. The lowest BCUT2D eigenvalue weighted by molar-refractivity contribution is -0.203. The minimum atomic E-state index is -4.64. The molecule has 1 unspecified atom stereocenters. The van der Waals surface area contributed by atoms with E-state index in [4.69, 9.17) is 16.7 Å². The van der Waals surface area contributed by atoms with Crippen LogP contribution in [0.4, 0.5) is 13.2 Å². The second kappa shape index (κ2) is 4.44. The fraction of sp³-hybridized carbons (Fsp3) is 0.364. The molecule has 0 saturated carbocycles.